The fourth-order valence-electron chi connectivity index (χ4n) is 2.61. The van der Waals surface area contributed by atoms with Crippen LogP contribution in [0.5, 0.6) is 23.0 Å². The number of aliphatic imine (C=N–C) groups is 1. The van der Waals surface area contributed by atoms with Gasteiger partial charge in [-0.15, -0.1) is 0 Å². The van der Waals surface area contributed by atoms with E-state index >= 15 is 0 Å². The van der Waals surface area contributed by atoms with Crippen LogP contribution in [0.15, 0.2) is 47.1 Å². The molecular weight excluding hydrogens is 388 g/mol. The Hall–Kier alpha value is -3.62. The van der Waals surface area contributed by atoms with Crippen molar-refractivity contribution in [1.82, 2.24) is 0 Å². The standard InChI is InChI=1S/C20H17F2NO6/c1-25-13-6-4-11(16(10-13)26-2)8-14-19(24)29-18(23-14)12-5-7-15(28-20(21)22)17(9-12)27-3/h4-10,20H,1-3H3/b14-8-. The second-order valence-corrected chi connectivity index (χ2v) is 5.69. The third kappa shape index (κ3) is 4.45. The van der Waals surface area contributed by atoms with Gasteiger partial charge in [0.25, 0.3) is 0 Å². The van der Waals surface area contributed by atoms with Gasteiger partial charge in [0.15, 0.2) is 17.2 Å². The van der Waals surface area contributed by atoms with E-state index in [1.54, 1.807) is 18.2 Å². The van der Waals surface area contributed by atoms with Gasteiger partial charge in [0.05, 0.1) is 21.3 Å². The minimum absolute atomic E-state index is 0.00984. The molecule has 7 nitrogen and oxygen atoms in total. The van der Waals surface area contributed by atoms with Gasteiger partial charge >= 0.3 is 12.6 Å². The molecular formula is C20H17F2NO6. The van der Waals surface area contributed by atoms with E-state index < -0.39 is 12.6 Å². The Bertz CT molecular complexity index is 987. The summed E-state index contributed by atoms with van der Waals surface area (Å²) in [6.07, 6.45) is 1.51. The molecule has 3 rings (SSSR count). The Balaban J connectivity index is 1.93. The van der Waals surface area contributed by atoms with Crippen LogP contribution in [-0.2, 0) is 9.53 Å². The molecule has 29 heavy (non-hydrogen) atoms. The third-order valence-electron chi connectivity index (χ3n) is 3.98. The number of ether oxygens (including phenoxy) is 5. The second-order valence-electron chi connectivity index (χ2n) is 5.69. The molecule has 0 saturated carbocycles. The molecule has 1 aliphatic heterocycles. The molecule has 0 atom stereocenters. The zero-order chi connectivity index (χ0) is 21.0. The van der Waals surface area contributed by atoms with Crippen LogP contribution in [0.3, 0.4) is 0 Å². The van der Waals surface area contributed by atoms with E-state index in [1.165, 1.54) is 45.6 Å². The lowest BCUT2D eigenvalue weighted by Gasteiger charge is -2.10. The van der Waals surface area contributed by atoms with Crippen LogP contribution < -0.4 is 18.9 Å². The monoisotopic (exact) mass is 405 g/mol. The maximum Gasteiger partial charge on any atom is 0.387 e. The van der Waals surface area contributed by atoms with Crippen molar-refractivity contribution in [2.45, 2.75) is 6.61 Å². The summed E-state index contributed by atoms with van der Waals surface area (Å²) in [5, 5.41) is 0. The van der Waals surface area contributed by atoms with Crippen molar-refractivity contribution >= 4 is 17.9 Å². The van der Waals surface area contributed by atoms with Gasteiger partial charge in [-0.05, 0) is 36.4 Å². The first-order chi connectivity index (χ1) is 13.9. The maximum atomic E-state index is 12.5. The Morgan fingerprint density at radius 2 is 1.72 bits per heavy atom. The number of carbonyl (C=O) groups is 1. The molecule has 0 aromatic heterocycles. The molecule has 0 spiro atoms. The molecule has 9 heteroatoms. The minimum Gasteiger partial charge on any atom is -0.497 e. The molecule has 1 heterocycles. The predicted molar refractivity (Wildman–Crippen MR) is 99.8 cm³/mol. The fraction of sp³-hybridized carbons (Fsp3) is 0.200. The number of carbonyl (C=O) groups excluding carboxylic acids is 1. The highest BCUT2D eigenvalue weighted by Crippen LogP contribution is 2.32. The van der Waals surface area contributed by atoms with Crippen LogP contribution in [0, 0.1) is 0 Å². The molecule has 1 aliphatic rings. The summed E-state index contributed by atoms with van der Waals surface area (Å²) in [7, 11) is 4.33. The molecule has 2 aromatic rings. The smallest absolute Gasteiger partial charge is 0.387 e. The third-order valence-corrected chi connectivity index (χ3v) is 3.98. The Morgan fingerprint density at radius 1 is 0.966 bits per heavy atom. The van der Waals surface area contributed by atoms with Crippen LogP contribution in [0.1, 0.15) is 11.1 Å². The largest absolute Gasteiger partial charge is 0.497 e. The minimum atomic E-state index is -2.99. The van der Waals surface area contributed by atoms with Gasteiger partial charge in [-0.3, -0.25) is 0 Å². The number of esters is 1. The van der Waals surface area contributed by atoms with E-state index in [0.29, 0.717) is 22.6 Å². The summed E-state index contributed by atoms with van der Waals surface area (Å²) >= 11 is 0. The van der Waals surface area contributed by atoms with Crippen molar-refractivity contribution < 1.29 is 37.3 Å². The van der Waals surface area contributed by atoms with Gasteiger partial charge in [-0.25, -0.2) is 9.79 Å². The molecule has 0 N–H and O–H groups in total. The van der Waals surface area contributed by atoms with Crippen molar-refractivity contribution in [3.05, 3.63) is 53.2 Å². The normalized spacial score (nSPS) is 14.6. The predicted octanol–water partition coefficient (Wildman–Crippen LogP) is 3.66. The fourth-order valence-corrected chi connectivity index (χ4v) is 2.61. The zero-order valence-corrected chi connectivity index (χ0v) is 15.8. The summed E-state index contributed by atoms with van der Waals surface area (Å²) in [6, 6.07) is 9.20. The summed E-state index contributed by atoms with van der Waals surface area (Å²) in [5.74, 6) is 0.343. The van der Waals surface area contributed by atoms with Crippen LogP contribution >= 0.6 is 0 Å². The molecule has 0 saturated heterocycles. The summed E-state index contributed by atoms with van der Waals surface area (Å²) in [4.78, 5) is 16.4. The first-order valence-electron chi connectivity index (χ1n) is 8.33. The quantitative estimate of drug-likeness (QED) is 0.517. The summed E-state index contributed by atoms with van der Waals surface area (Å²) in [5.41, 5.74) is 1.01. The molecule has 0 radical (unpaired) electrons. The number of nitrogens with zero attached hydrogens (tertiary/aromatic N) is 1. The van der Waals surface area contributed by atoms with Gasteiger partial charge in [0.2, 0.25) is 5.90 Å². The highest BCUT2D eigenvalue weighted by Gasteiger charge is 2.26. The van der Waals surface area contributed by atoms with E-state index in [9.17, 15) is 13.6 Å². The van der Waals surface area contributed by atoms with Crippen LogP contribution in [0.25, 0.3) is 6.08 Å². The maximum absolute atomic E-state index is 12.5. The number of cyclic esters (lactones) is 1. The topological polar surface area (TPSA) is 75.6 Å². The highest BCUT2D eigenvalue weighted by molar-refractivity contribution is 6.13. The zero-order valence-electron chi connectivity index (χ0n) is 15.8. The van der Waals surface area contributed by atoms with Crippen molar-refractivity contribution in [2.24, 2.45) is 4.99 Å². The molecule has 0 amide bonds. The number of hydrogen-bond donors (Lipinski definition) is 0. The number of alkyl halides is 2. The Labute approximate surface area is 165 Å². The van der Waals surface area contributed by atoms with Crippen molar-refractivity contribution in [1.29, 1.82) is 0 Å². The first kappa shape index (κ1) is 20.1. The molecule has 2 aromatic carbocycles. The lowest BCUT2D eigenvalue weighted by atomic mass is 10.1. The average molecular weight is 405 g/mol. The van der Waals surface area contributed by atoms with Gasteiger partial charge in [-0.2, -0.15) is 8.78 Å². The van der Waals surface area contributed by atoms with Crippen LogP contribution in [0.4, 0.5) is 8.78 Å². The van der Waals surface area contributed by atoms with Crippen LogP contribution in [-0.4, -0.2) is 39.8 Å². The van der Waals surface area contributed by atoms with Crippen molar-refractivity contribution in [3.63, 3.8) is 0 Å². The summed E-state index contributed by atoms with van der Waals surface area (Å²) < 4.78 is 50.0. The van der Waals surface area contributed by atoms with Crippen molar-refractivity contribution in [2.75, 3.05) is 21.3 Å². The summed E-state index contributed by atoms with van der Waals surface area (Å²) in [6.45, 7) is -2.99. The highest BCUT2D eigenvalue weighted by atomic mass is 19.3. The van der Waals surface area contributed by atoms with Crippen molar-refractivity contribution in [3.8, 4) is 23.0 Å². The molecule has 0 unspecified atom stereocenters. The van der Waals surface area contributed by atoms with Crippen LogP contribution in [0.2, 0.25) is 0 Å². The number of hydrogen-bond acceptors (Lipinski definition) is 7. The van der Waals surface area contributed by atoms with Gasteiger partial charge in [0, 0.05) is 17.2 Å². The number of methoxy groups -OCH3 is 3. The van der Waals surface area contributed by atoms with Gasteiger partial charge in [-0.1, -0.05) is 0 Å². The number of halogens is 2. The SMILES string of the molecule is COc1ccc(/C=C2\N=C(c3ccc(OC(F)F)c(OC)c3)OC2=O)c(OC)c1. The molecule has 0 aliphatic carbocycles. The first-order valence-corrected chi connectivity index (χ1v) is 8.33. The number of rotatable bonds is 7. The Morgan fingerprint density at radius 3 is 2.38 bits per heavy atom. The molecule has 152 valence electrons. The van der Waals surface area contributed by atoms with E-state index in [-0.39, 0.29) is 23.1 Å². The van der Waals surface area contributed by atoms with Gasteiger partial charge in [0.1, 0.15) is 11.5 Å². The Kier molecular flexibility index (Phi) is 5.96. The average Bonchev–Trinajstić information content (AvgIpc) is 3.08. The van der Waals surface area contributed by atoms with E-state index in [1.807, 2.05) is 0 Å². The molecule has 0 bridgehead atoms. The lowest BCUT2D eigenvalue weighted by Crippen LogP contribution is -2.07. The lowest BCUT2D eigenvalue weighted by molar-refractivity contribution is -0.129. The van der Waals surface area contributed by atoms with E-state index in [0.717, 1.165) is 0 Å². The van der Waals surface area contributed by atoms with E-state index in [4.69, 9.17) is 18.9 Å². The molecule has 0 fully saturated rings. The second kappa shape index (κ2) is 8.59. The van der Waals surface area contributed by atoms with Gasteiger partial charge < -0.3 is 23.7 Å². The van der Waals surface area contributed by atoms with E-state index in [2.05, 4.69) is 9.73 Å². The number of benzene rings is 2.